The number of anilines is 1. The summed E-state index contributed by atoms with van der Waals surface area (Å²) in [6.45, 7) is 3.83. The average molecular weight is 439 g/mol. The molecule has 4 heterocycles. The zero-order valence-electron chi connectivity index (χ0n) is 16.3. The number of hydrogen-bond acceptors (Lipinski definition) is 6. The predicted molar refractivity (Wildman–Crippen MR) is 113 cm³/mol. The van der Waals surface area contributed by atoms with Gasteiger partial charge in [0, 0.05) is 42.7 Å². The molecule has 0 radical (unpaired) electrons. The van der Waals surface area contributed by atoms with Gasteiger partial charge in [-0.15, -0.1) is 0 Å². The molecule has 3 N–H and O–H groups in total. The molecule has 0 aliphatic carbocycles. The van der Waals surface area contributed by atoms with Gasteiger partial charge in [0.05, 0.1) is 36.2 Å². The fourth-order valence-corrected chi connectivity index (χ4v) is 3.45. The number of nitrogens with two attached hydrogens (primary N) is 1. The smallest absolute Gasteiger partial charge is 0.132 e. The van der Waals surface area contributed by atoms with Gasteiger partial charge in [0.25, 0.3) is 0 Å². The first-order valence-corrected chi connectivity index (χ1v) is 9.98. The second-order valence-electron chi connectivity index (χ2n) is 6.86. The van der Waals surface area contributed by atoms with E-state index in [-0.39, 0.29) is 6.10 Å². The Hall–Kier alpha value is -2.13. The van der Waals surface area contributed by atoms with Crippen molar-refractivity contribution < 1.29 is 9.84 Å². The van der Waals surface area contributed by atoms with Crippen molar-refractivity contribution in [1.29, 1.82) is 0 Å². The summed E-state index contributed by atoms with van der Waals surface area (Å²) in [5, 5.41) is 18.6. The Balaban J connectivity index is 0.000000290. The van der Waals surface area contributed by atoms with Crippen LogP contribution in [-0.2, 0) is 18.3 Å². The van der Waals surface area contributed by atoms with Crippen molar-refractivity contribution in [1.82, 2.24) is 24.5 Å². The first kappa shape index (κ1) is 21.6. The topological polar surface area (TPSA) is 104 Å². The third-order valence-corrected chi connectivity index (χ3v) is 5.32. The van der Waals surface area contributed by atoms with E-state index in [4.69, 9.17) is 38.8 Å². The highest BCUT2D eigenvalue weighted by Crippen LogP contribution is 2.28. The largest absolute Gasteiger partial charge is 0.391 e. The van der Waals surface area contributed by atoms with Crippen LogP contribution in [0.5, 0.6) is 0 Å². The van der Waals surface area contributed by atoms with Crippen molar-refractivity contribution >= 4 is 29.0 Å². The van der Waals surface area contributed by atoms with Gasteiger partial charge in [-0.2, -0.15) is 10.2 Å². The maximum Gasteiger partial charge on any atom is 0.132 e. The fourth-order valence-electron chi connectivity index (χ4n) is 3.00. The molecule has 1 aliphatic heterocycles. The van der Waals surface area contributed by atoms with Crippen LogP contribution in [-0.4, -0.2) is 49.0 Å². The minimum atomic E-state index is -0.186. The van der Waals surface area contributed by atoms with Gasteiger partial charge < -0.3 is 15.6 Å². The second-order valence-corrected chi connectivity index (χ2v) is 7.63. The van der Waals surface area contributed by atoms with Gasteiger partial charge in [-0.3, -0.25) is 9.36 Å². The van der Waals surface area contributed by atoms with Crippen molar-refractivity contribution in [3.05, 3.63) is 46.1 Å². The maximum absolute atomic E-state index is 8.78. The number of nitrogens with zero attached hydrogens (tertiary/aromatic N) is 5. The highest BCUT2D eigenvalue weighted by Gasteiger charge is 2.13. The van der Waals surface area contributed by atoms with E-state index in [1.165, 1.54) is 6.20 Å². The molecule has 156 valence electrons. The molecule has 0 saturated carbocycles. The van der Waals surface area contributed by atoms with Crippen LogP contribution in [0.2, 0.25) is 10.2 Å². The Morgan fingerprint density at radius 3 is 2.72 bits per heavy atom. The quantitative estimate of drug-likeness (QED) is 0.650. The summed E-state index contributed by atoms with van der Waals surface area (Å²) in [6, 6.07) is 1.73. The van der Waals surface area contributed by atoms with Gasteiger partial charge in [0.2, 0.25) is 0 Å². The molecular weight excluding hydrogens is 415 g/mol. The molecular formula is C19H24Cl2N6O2. The Labute approximate surface area is 179 Å². The summed E-state index contributed by atoms with van der Waals surface area (Å²) < 4.78 is 8.37. The molecule has 0 bridgehead atoms. The highest BCUT2D eigenvalue weighted by atomic mass is 35.5. The van der Waals surface area contributed by atoms with E-state index in [2.05, 4.69) is 15.2 Å². The van der Waals surface area contributed by atoms with E-state index in [1.807, 2.05) is 20.2 Å². The molecule has 8 nitrogen and oxygen atoms in total. The Bertz CT molecular complexity index is 966. The number of aliphatic hydroxyl groups is 1. The summed E-state index contributed by atoms with van der Waals surface area (Å²) in [6.07, 6.45) is 6.91. The van der Waals surface area contributed by atoms with Crippen LogP contribution in [0.1, 0.15) is 24.1 Å². The van der Waals surface area contributed by atoms with E-state index < -0.39 is 0 Å². The van der Waals surface area contributed by atoms with Gasteiger partial charge in [-0.1, -0.05) is 23.2 Å². The third kappa shape index (κ3) is 5.48. The van der Waals surface area contributed by atoms with Crippen LogP contribution in [0.15, 0.2) is 24.7 Å². The molecule has 4 rings (SSSR count). The maximum atomic E-state index is 8.78. The second kappa shape index (κ2) is 9.58. The summed E-state index contributed by atoms with van der Waals surface area (Å²) >= 11 is 12.4. The minimum Gasteiger partial charge on any atom is -0.391 e. The van der Waals surface area contributed by atoms with Crippen LogP contribution in [0.25, 0.3) is 11.1 Å². The lowest BCUT2D eigenvalue weighted by atomic mass is 10.1. The van der Waals surface area contributed by atoms with Crippen molar-refractivity contribution in [3.8, 4) is 11.1 Å². The number of nitrogen functional groups attached to an aromatic ring is 1. The molecule has 1 atom stereocenters. The predicted octanol–water partition coefficient (Wildman–Crippen LogP) is 3.08. The van der Waals surface area contributed by atoms with Crippen LogP contribution >= 0.6 is 23.2 Å². The van der Waals surface area contributed by atoms with Crippen LogP contribution < -0.4 is 5.73 Å². The molecule has 1 aliphatic rings. The van der Waals surface area contributed by atoms with E-state index in [0.717, 1.165) is 41.8 Å². The van der Waals surface area contributed by atoms with Gasteiger partial charge in [-0.05, 0) is 25.8 Å². The van der Waals surface area contributed by atoms with Crippen LogP contribution in [0, 0.1) is 6.92 Å². The zero-order valence-corrected chi connectivity index (χ0v) is 17.9. The lowest BCUT2D eigenvalue weighted by Gasteiger charge is -2.15. The minimum absolute atomic E-state index is 0.186. The number of pyridine rings is 1. The molecule has 0 aromatic carbocycles. The Morgan fingerprint density at radius 1 is 1.34 bits per heavy atom. The number of hydrogen-bond donors (Lipinski definition) is 2. The van der Waals surface area contributed by atoms with Crippen molar-refractivity contribution in [3.63, 3.8) is 0 Å². The van der Waals surface area contributed by atoms with Gasteiger partial charge in [0.1, 0.15) is 11.0 Å². The van der Waals surface area contributed by atoms with E-state index in [1.54, 1.807) is 21.6 Å². The van der Waals surface area contributed by atoms with Gasteiger partial charge in [-0.25, -0.2) is 4.98 Å². The first-order valence-electron chi connectivity index (χ1n) is 9.22. The van der Waals surface area contributed by atoms with Crippen molar-refractivity contribution in [2.24, 2.45) is 7.05 Å². The molecule has 3 aromatic heterocycles. The van der Waals surface area contributed by atoms with E-state index in [0.29, 0.717) is 29.1 Å². The lowest BCUT2D eigenvalue weighted by Crippen LogP contribution is -2.21. The summed E-state index contributed by atoms with van der Waals surface area (Å²) in [4.78, 5) is 3.96. The van der Waals surface area contributed by atoms with Crippen molar-refractivity contribution in [2.45, 2.75) is 32.4 Å². The number of ether oxygens (including phenoxy) is 1. The van der Waals surface area contributed by atoms with Gasteiger partial charge >= 0.3 is 0 Å². The number of halogens is 2. The highest BCUT2D eigenvalue weighted by molar-refractivity contribution is 6.33. The molecule has 0 amide bonds. The lowest BCUT2D eigenvalue weighted by molar-refractivity contribution is -0.00535. The van der Waals surface area contributed by atoms with E-state index >= 15 is 0 Å². The number of aryl methyl sites for hydroxylation is 2. The molecule has 3 aromatic rings. The molecule has 10 heteroatoms. The summed E-state index contributed by atoms with van der Waals surface area (Å²) in [5.74, 6) is 0.415. The molecule has 1 saturated heterocycles. The normalized spacial score (nSPS) is 16.4. The van der Waals surface area contributed by atoms with Gasteiger partial charge in [0.15, 0.2) is 0 Å². The van der Waals surface area contributed by atoms with Crippen LogP contribution in [0.4, 0.5) is 5.82 Å². The monoisotopic (exact) mass is 438 g/mol. The molecule has 1 fully saturated rings. The first-order chi connectivity index (χ1) is 13.8. The molecule has 1 unspecified atom stereocenters. The standard InChI is InChI=1S/C14H14Cl2N6.C5H10O2/c1-8-11(14(16)21(2)20-8)7-22-6-9(4-19-22)10-3-13(17)18-5-12(10)15;6-5-2-1-3-7-4-5/h3-6H,7H2,1-2H3,(H2,17,18);5-6H,1-4H2. The Morgan fingerprint density at radius 2 is 2.14 bits per heavy atom. The number of rotatable bonds is 3. The fraction of sp³-hybridized carbons (Fsp3) is 0.421. The average Bonchev–Trinajstić information content (AvgIpc) is 3.25. The summed E-state index contributed by atoms with van der Waals surface area (Å²) in [5.41, 5.74) is 9.21. The SMILES string of the molecule is Cc1nn(C)c(Cl)c1Cn1cc(-c2cc(N)ncc2Cl)cn1.OC1CCCOC1. The molecule has 0 spiro atoms. The van der Waals surface area contributed by atoms with Crippen molar-refractivity contribution in [2.75, 3.05) is 18.9 Å². The van der Waals surface area contributed by atoms with E-state index in [9.17, 15) is 0 Å². The third-order valence-electron chi connectivity index (χ3n) is 4.55. The summed E-state index contributed by atoms with van der Waals surface area (Å²) in [7, 11) is 1.81. The molecule has 29 heavy (non-hydrogen) atoms. The number of aromatic nitrogens is 5. The number of aliphatic hydroxyl groups excluding tert-OH is 1. The Kier molecular flexibility index (Phi) is 7.13. The van der Waals surface area contributed by atoms with Crippen LogP contribution in [0.3, 0.4) is 0 Å². The zero-order chi connectivity index (χ0) is 21.0.